The Labute approximate surface area is 209 Å². The number of hydrogen-bond acceptors (Lipinski definition) is 10. The molecule has 0 aromatic carbocycles. The molecule has 12 heteroatoms. The summed E-state index contributed by atoms with van der Waals surface area (Å²) >= 11 is 0. The fraction of sp³-hybridized carbons (Fsp3) is 0.957. The third-order valence-corrected chi connectivity index (χ3v) is 11.0. The molecule has 1 rings (SSSR count). The second-order valence-electron chi connectivity index (χ2n) is 11.6. The van der Waals surface area contributed by atoms with Gasteiger partial charge in [0, 0.05) is 0 Å². The van der Waals surface area contributed by atoms with Crippen molar-refractivity contribution in [3.8, 4) is 0 Å². The van der Waals surface area contributed by atoms with E-state index in [-0.39, 0.29) is 24.7 Å². The lowest BCUT2D eigenvalue weighted by Crippen LogP contribution is -2.61. The van der Waals surface area contributed by atoms with E-state index in [1.54, 1.807) is 27.7 Å². The van der Waals surface area contributed by atoms with Gasteiger partial charge in [0.1, 0.15) is 36.1 Å². The van der Waals surface area contributed by atoms with Crippen molar-refractivity contribution in [2.75, 3.05) is 13.2 Å². The van der Waals surface area contributed by atoms with E-state index in [0.717, 1.165) is 0 Å². The summed E-state index contributed by atoms with van der Waals surface area (Å²) in [5.74, 6) is 0. The van der Waals surface area contributed by atoms with Gasteiger partial charge >= 0.3 is 6.09 Å². The number of aliphatic hydroxyl groups is 5. The van der Waals surface area contributed by atoms with Gasteiger partial charge in [0.15, 0.2) is 14.6 Å². The highest BCUT2D eigenvalue weighted by Gasteiger charge is 2.46. The van der Waals surface area contributed by atoms with Crippen LogP contribution < -0.4 is 5.32 Å². The lowest BCUT2D eigenvalue weighted by Gasteiger charge is -2.43. The van der Waals surface area contributed by atoms with Gasteiger partial charge in [-0.15, -0.1) is 0 Å². The molecule has 0 radical (unpaired) electrons. The number of amides is 1. The molecular weight excluding hydrogens is 478 g/mol. The number of carbonyl (C=O) groups excluding carboxylic acids is 1. The zero-order chi connectivity index (χ0) is 27.4. The molecule has 1 fully saturated rings. The van der Waals surface area contributed by atoms with Gasteiger partial charge in [0.05, 0.1) is 25.4 Å². The van der Waals surface area contributed by atoms with Crippen molar-refractivity contribution in [1.82, 2.24) is 5.32 Å². The number of hydrogen-bond donors (Lipinski definition) is 6. The third-order valence-electron chi connectivity index (χ3n) is 6.45. The number of rotatable bonds is 10. The summed E-state index contributed by atoms with van der Waals surface area (Å²) in [4.78, 5) is 12.3. The van der Waals surface area contributed by atoms with Crippen LogP contribution in [0.4, 0.5) is 4.79 Å². The average molecular weight is 526 g/mol. The Hall–Kier alpha value is -0.833. The summed E-state index contributed by atoms with van der Waals surface area (Å²) in [7, 11) is -2.18. The molecule has 11 nitrogen and oxygen atoms in total. The summed E-state index contributed by atoms with van der Waals surface area (Å²) in [5, 5.41) is 54.2. The van der Waals surface area contributed by atoms with E-state index < -0.39 is 69.0 Å². The Kier molecular flexibility index (Phi) is 11.6. The van der Waals surface area contributed by atoms with Crippen molar-refractivity contribution in [3.05, 3.63) is 0 Å². The van der Waals surface area contributed by atoms with E-state index in [1.807, 2.05) is 13.1 Å². The van der Waals surface area contributed by atoms with Crippen LogP contribution in [-0.4, -0.2) is 108 Å². The molecule has 0 aromatic heterocycles. The maximum Gasteiger partial charge on any atom is 0.408 e. The Morgan fingerprint density at radius 3 is 2.09 bits per heavy atom. The number of alkyl carbamates (subject to hydrolysis) is 1. The molecule has 208 valence electrons. The number of ether oxygens (including phenoxy) is 3. The van der Waals surface area contributed by atoms with Crippen LogP contribution in [0.25, 0.3) is 0 Å². The largest absolute Gasteiger partial charge is 0.444 e. The van der Waals surface area contributed by atoms with E-state index in [2.05, 4.69) is 26.1 Å². The van der Waals surface area contributed by atoms with E-state index in [0.29, 0.717) is 0 Å². The highest BCUT2D eigenvalue weighted by molar-refractivity contribution is 6.74. The zero-order valence-corrected chi connectivity index (χ0v) is 23.5. The van der Waals surface area contributed by atoms with Crippen LogP contribution in [0.3, 0.4) is 0 Å². The predicted molar refractivity (Wildman–Crippen MR) is 131 cm³/mol. The van der Waals surface area contributed by atoms with Crippen molar-refractivity contribution >= 4 is 14.4 Å². The van der Waals surface area contributed by atoms with Gasteiger partial charge in [-0.3, -0.25) is 0 Å². The molecule has 1 heterocycles. The Balaban J connectivity index is 2.92. The molecule has 0 saturated carbocycles. The standard InChI is InChI=1S/C23H47NO10Si/c1-10-14(25)16(26)13(24-21(30)34-22(2,3)4)11-31-20-19(29)18(28)17(27)15(33-20)12-32-35(8,9)23(5,6)7/h13-20,25-29H,10-12H2,1-9H3,(H,24,30)/t13-,14+,15+,16-,17-,18-,19+,20-/m0/s1. The van der Waals surface area contributed by atoms with Gasteiger partial charge in [-0.1, -0.05) is 27.7 Å². The Bertz CT molecular complexity index is 666. The fourth-order valence-electron chi connectivity index (χ4n) is 3.09. The van der Waals surface area contributed by atoms with Crippen LogP contribution in [0.5, 0.6) is 0 Å². The molecule has 1 aliphatic heterocycles. The lowest BCUT2D eigenvalue weighted by molar-refractivity contribution is -0.302. The number of aliphatic hydroxyl groups excluding tert-OH is 5. The molecule has 1 saturated heterocycles. The Morgan fingerprint density at radius 1 is 1.03 bits per heavy atom. The summed E-state index contributed by atoms with van der Waals surface area (Å²) in [6.45, 7) is 16.6. The zero-order valence-electron chi connectivity index (χ0n) is 22.5. The molecule has 0 bridgehead atoms. The minimum Gasteiger partial charge on any atom is -0.444 e. The van der Waals surface area contributed by atoms with Crippen LogP contribution in [0.2, 0.25) is 18.1 Å². The first-order valence-electron chi connectivity index (χ1n) is 12.1. The first-order valence-corrected chi connectivity index (χ1v) is 15.0. The van der Waals surface area contributed by atoms with E-state index in [1.165, 1.54) is 0 Å². The predicted octanol–water partition coefficient (Wildman–Crippen LogP) is 0.857. The molecule has 1 aliphatic rings. The summed E-state index contributed by atoms with van der Waals surface area (Å²) in [6.07, 6.45) is -10.1. The summed E-state index contributed by atoms with van der Waals surface area (Å²) in [5.41, 5.74) is -0.788. The first kappa shape index (κ1) is 32.2. The smallest absolute Gasteiger partial charge is 0.408 e. The molecule has 0 unspecified atom stereocenters. The fourth-order valence-corrected chi connectivity index (χ4v) is 4.11. The second-order valence-corrected chi connectivity index (χ2v) is 16.4. The minimum atomic E-state index is -2.18. The second kappa shape index (κ2) is 12.6. The molecular formula is C23H47NO10Si. The minimum absolute atomic E-state index is 0.0158. The van der Waals surface area contributed by atoms with Gasteiger partial charge in [0.25, 0.3) is 0 Å². The van der Waals surface area contributed by atoms with Crippen LogP contribution in [0, 0.1) is 0 Å². The first-order chi connectivity index (χ1) is 15.8. The van der Waals surface area contributed by atoms with Crippen molar-refractivity contribution in [3.63, 3.8) is 0 Å². The summed E-state index contributed by atoms with van der Waals surface area (Å²) < 4.78 is 22.7. The maximum atomic E-state index is 12.3. The van der Waals surface area contributed by atoms with Gasteiger partial charge in [0.2, 0.25) is 0 Å². The van der Waals surface area contributed by atoms with Crippen molar-refractivity contribution in [1.29, 1.82) is 0 Å². The van der Waals surface area contributed by atoms with Gasteiger partial charge in [-0.25, -0.2) is 4.79 Å². The highest BCUT2D eigenvalue weighted by atomic mass is 28.4. The van der Waals surface area contributed by atoms with Crippen molar-refractivity contribution in [2.24, 2.45) is 0 Å². The maximum absolute atomic E-state index is 12.3. The Morgan fingerprint density at radius 2 is 1.60 bits per heavy atom. The molecule has 0 aromatic rings. The summed E-state index contributed by atoms with van der Waals surface area (Å²) in [6, 6.07) is -1.11. The number of nitrogens with one attached hydrogen (secondary N) is 1. The average Bonchev–Trinajstić information content (AvgIpc) is 2.72. The van der Waals surface area contributed by atoms with Gasteiger partial charge in [-0.05, 0) is 45.3 Å². The molecule has 0 spiro atoms. The van der Waals surface area contributed by atoms with Gasteiger partial charge < -0.3 is 49.5 Å². The van der Waals surface area contributed by atoms with E-state index in [9.17, 15) is 30.3 Å². The van der Waals surface area contributed by atoms with Crippen LogP contribution in [0.15, 0.2) is 0 Å². The highest BCUT2D eigenvalue weighted by Crippen LogP contribution is 2.37. The topological polar surface area (TPSA) is 167 Å². The van der Waals surface area contributed by atoms with Crippen molar-refractivity contribution in [2.45, 2.75) is 128 Å². The van der Waals surface area contributed by atoms with Crippen molar-refractivity contribution < 1.29 is 49.0 Å². The van der Waals surface area contributed by atoms with E-state index in [4.69, 9.17) is 18.6 Å². The molecule has 0 aliphatic carbocycles. The monoisotopic (exact) mass is 525 g/mol. The van der Waals surface area contributed by atoms with Gasteiger partial charge in [-0.2, -0.15) is 0 Å². The quantitative estimate of drug-likeness (QED) is 0.225. The van der Waals surface area contributed by atoms with E-state index >= 15 is 0 Å². The molecule has 35 heavy (non-hydrogen) atoms. The molecule has 6 N–H and O–H groups in total. The number of carbonyl (C=O) groups is 1. The van der Waals surface area contributed by atoms with Crippen LogP contribution in [-0.2, 0) is 18.6 Å². The van der Waals surface area contributed by atoms with Crippen LogP contribution >= 0.6 is 0 Å². The third kappa shape index (κ3) is 9.52. The lowest BCUT2D eigenvalue weighted by atomic mass is 9.99. The molecule has 1 amide bonds. The molecule has 8 atom stereocenters. The normalized spacial score (nSPS) is 28.8. The SMILES string of the molecule is CC[C@@H](O)[C@@H](O)[C@H](CO[C@H]1O[C@H](CO[Si](C)(C)C(C)(C)C)[C@H](O)[C@H](O)[C@H]1O)NC(=O)OC(C)(C)C. The van der Waals surface area contributed by atoms with Crippen LogP contribution in [0.1, 0.15) is 54.9 Å².